The molecule has 8 heteroatoms. The maximum Gasteiger partial charge on any atom is 2.00 e. The Kier molecular flexibility index (Phi) is 24.9. The smallest absolute Gasteiger partial charge is 0.822 e. The minimum absolute atomic E-state index is 0. The molecule has 0 heterocycles. The van der Waals surface area contributed by atoms with Crippen molar-refractivity contribution < 1.29 is 74.7 Å². The Labute approximate surface area is 82.1 Å². The van der Waals surface area contributed by atoms with E-state index in [2.05, 4.69) is 0 Å². The van der Waals surface area contributed by atoms with Gasteiger partial charge in [-0.15, -0.1) is 0 Å². The molecule has 0 spiro atoms. The van der Waals surface area contributed by atoms with E-state index in [0.29, 0.717) is 0 Å². The zero-order chi connectivity index (χ0) is 4.50. The molecule has 0 amide bonds. The van der Waals surface area contributed by atoms with Crippen LogP contribution in [0.5, 0.6) is 0 Å². The van der Waals surface area contributed by atoms with Gasteiger partial charge in [0.1, 0.15) is 0 Å². The third-order valence-electron chi connectivity index (χ3n) is 0. The SMILES string of the molecule is O=P([O-])([O-])[O-].[Fe].[Li+].[Zn+2]. The van der Waals surface area contributed by atoms with E-state index in [9.17, 15) is 0 Å². The average Bonchev–Trinajstić information content (AvgIpc) is 0.722. The van der Waals surface area contributed by atoms with Crippen LogP contribution >= 0.6 is 7.82 Å². The second-order valence-corrected chi connectivity index (χ2v) is 1.34. The van der Waals surface area contributed by atoms with Crippen molar-refractivity contribution in [3.05, 3.63) is 0 Å². The summed E-state index contributed by atoms with van der Waals surface area (Å²) in [4.78, 5) is 25.6. The van der Waals surface area contributed by atoms with Crippen LogP contribution in [0.3, 0.4) is 0 Å². The molecular formula is FeLiO4PZn. The first-order valence-corrected chi connectivity index (χ1v) is 2.19. The van der Waals surface area contributed by atoms with Gasteiger partial charge in [0.15, 0.2) is 0 Å². The van der Waals surface area contributed by atoms with Crippen LogP contribution in [0.2, 0.25) is 0 Å². The minimum atomic E-state index is -5.39. The summed E-state index contributed by atoms with van der Waals surface area (Å²) in [5.74, 6) is 0. The molecule has 0 aromatic rings. The Bertz CT molecular complexity index is 62.2. The van der Waals surface area contributed by atoms with Crippen molar-refractivity contribution in [3.8, 4) is 0 Å². The van der Waals surface area contributed by atoms with Crippen LogP contribution in [0.4, 0.5) is 0 Å². The Morgan fingerprint density at radius 3 is 1.12 bits per heavy atom. The molecule has 40 valence electrons. The van der Waals surface area contributed by atoms with E-state index in [1.54, 1.807) is 0 Å². The molecule has 0 aliphatic carbocycles. The summed E-state index contributed by atoms with van der Waals surface area (Å²) >= 11 is 0. The topological polar surface area (TPSA) is 86.2 Å². The summed E-state index contributed by atoms with van der Waals surface area (Å²) in [5.41, 5.74) is 0. The van der Waals surface area contributed by atoms with Crippen LogP contribution in [-0.4, -0.2) is 0 Å². The van der Waals surface area contributed by atoms with Gasteiger partial charge in [0, 0.05) is 17.1 Å². The Morgan fingerprint density at radius 1 is 1.12 bits per heavy atom. The van der Waals surface area contributed by atoms with Crippen molar-refractivity contribution in [2.45, 2.75) is 0 Å². The maximum absolute atomic E-state index is 8.55. The quantitative estimate of drug-likeness (QED) is 0.302. The van der Waals surface area contributed by atoms with Gasteiger partial charge in [-0.25, -0.2) is 0 Å². The van der Waals surface area contributed by atoms with Gasteiger partial charge in [-0.05, 0) is 0 Å². The second-order valence-electron chi connectivity index (χ2n) is 0.447. The van der Waals surface area contributed by atoms with Gasteiger partial charge < -0.3 is 19.2 Å². The fourth-order valence-electron chi connectivity index (χ4n) is 0. The standard InChI is InChI=1S/Fe.Li.H3O4P.Zn/c;;1-5(2,3)4;/h;;(H3,1,2,3,4);/q;+1;;+2/p-3. The molecular weight excluding hydrogens is 223 g/mol. The molecule has 0 aliphatic rings. The van der Waals surface area contributed by atoms with E-state index < -0.39 is 7.82 Å². The minimum Gasteiger partial charge on any atom is -0.822 e. The summed E-state index contributed by atoms with van der Waals surface area (Å²) in [7, 11) is -5.39. The van der Waals surface area contributed by atoms with Crippen molar-refractivity contribution >= 4 is 7.82 Å². The van der Waals surface area contributed by atoms with Crippen molar-refractivity contribution in [3.63, 3.8) is 0 Å². The zero-order valence-electron chi connectivity index (χ0n) is 4.14. The number of hydrogen-bond acceptors (Lipinski definition) is 4. The predicted octanol–water partition coefficient (Wildman–Crippen LogP) is -5.83. The molecule has 0 N–H and O–H groups in total. The van der Waals surface area contributed by atoms with Crippen LogP contribution in [0.1, 0.15) is 0 Å². The molecule has 4 nitrogen and oxygen atoms in total. The summed E-state index contributed by atoms with van der Waals surface area (Å²) in [6.07, 6.45) is 0. The largest absolute Gasteiger partial charge is 2.00 e. The summed E-state index contributed by atoms with van der Waals surface area (Å²) in [5, 5.41) is 0. The van der Waals surface area contributed by atoms with Crippen LogP contribution in [-0.2, 0) is 41.1 Å². The molecule has 0 saturated heterocycles. The summed E-state index contributed by atoms with van der Waals surface area (Å²) in [6, 6.07) is 0. The molecule has 0 atom stereocenters. The predicted molar refractivity (Wildman–Crippen MR) is 7.61 cm³/mol. The fourth-order valence-corrected chi connectivity index (χ4v) is 0. The van der Waals surface area contributed by atoms with Gasteiger partial charge in [-0.3, -0.25) is 0 Å². The zero-order valence-corrected chi connectivity index (χ0v) is 9.11. The van der Waals surface area contributed by atoms with Gasteiger partial charge in [0.2, 0.25) is 0 Å². The van der Waals surface area contributed by atoms with Crippen LogP contribution in [0, 0.1) is 0 Å². The first-order valence-electron chi connectivity index (χ1n) is 0.730. The first kappa shape index (κ1) is 22.5. The fraction of sp³-hybridized carbons (Fsp3) is 0. The third-order valence-corrected chi connectivity index (χ3v) is 0. The maximum atomic E-state index is 8.55. The van der Waals surface area contributed by atoms with Crippen molar-refractivity contribution in [1.29, 1.82) is 0 Å². The molecule has 0 rings (SSSR count). The van der Waals surface area contributed by atoms with Crippen LogP contribution < -0.4 is 33.5 Å². The number of hydrogen-bond donors (Lipinski definition) is 0. The van der Waals surface area contributed by atoms with Crippen molar-refractivity contribution in [1.82, 2.24) is 0 Å². The van der Waals surface area contributed by atoms with E-state index in [1.165, 1.54) is 0 Å². The Balaban J connectivity index is -0.0000000267. The molecule has 0 aromatic carbocycles. The molecule has 0 unspecified atom stereocenters. The third kappa shape index (κ3) is 108. The summed E-state index contributed by atoms with van der Waals surface area (Å²) in [6.45, 7) is 0. The Hall–Kier alpha value is 1.85. The van der Waals surface area contributed by atoms with Crippen LogP contribution in [0.15, 0.2) is 0 Å². The number of phosphoric acid groups is 1. The molecule has 0 aliphatic heterocycles. The van der Waals surface area contributed by atoms with Gasteiger partial charge in [-0.2, -0.15) is 7.82 Å². The molecule has 0 radical (unpaired) electrons. The van der Waals surface area contributed by atoms with E-state index in [4.69, 9.17) is 19.2 Å². The molecule has 0 fully saturated rings. The van der Waals surface area contributed by atoms with Crippen molar-refractivity contribution in [2.24, 2.45) is 0 Å². The molecule has 8 heavy (non-hydrogen) atoms. The van der Waals surface area contributed by atoms with Crippen molar-refractivity contribution in [2.75, 3.05) is 0 Å². The van der Waals surface area contributed by atoms with Gasteiger partial charge in [-0.1, -0.05) is 0 Å². The normalized spacial score (nSPS) is 7.38. The van der Waals surface area contributed by atoms with Gasteiger partial charge in [0.05, 0.1) is 0 Å². The van der Waals surface area contributed by atoms with Gasteiger partial charge in [0.25, 0.3) is 0 Å². The van der Waals surface area contributed by atoms with Crippen LogP contribution in [0.25, 0.3) is 0 Å². The monoisotopic (exact) mass is 222 g/mol. The Morgan fingerprint density at radius 2 is 1.12 bits per heavy atom. The van der Waals surface area contributed by atoms with E-state index in [1.807, 2.05) is 0 Å². The van der Waals surface area contributed by atoms with E-state index >= 15 is 0 Å². The molecule has 0 saturated carbocycles. The van der Waals surface area contributed by atoms with Gasteiger partial charge >= 0.3 is 38.3 Å². The second kappa shape index (κ2) is 8.85. The molecule has 0 aromatic heterocycles. The van der Waals surface area contributed by atoms with E-state index in [-0.39, 0.29) is 55.4 Å². The molecule has 0 bridgehead atoms. The average molecular weight is 223 g/mol. The van der Waals surface area contributed by atoms with E-state index in [0.717, 1.165) is 0 Å². The summed E-state index contributed by atoms with van der Waals surface area (Å²) < 4.78 is 8.55. The number of rotatable bonds is 0. The first-order chi connectivity index (χ1) is 2.00.